The highest BCUT2D eigenvalue weighted by molar-refractivity contribution is 5.97. The van der Waals surface area contributed by atoms with E-state index in [2.05, 4.69) is 0 Å². The van der Waals surface area contributed by atoms with E-state index >= 15 is 0 Å². The molecule has 0 spiro atoms. The maximum Gasteiger partial charge on any atom is 0.257 e. The topological polar surface area (TPSA) is 70.1 Å². The molecule has 2 bridgehead atoms. The number of piperidine rings is 1. The zero-order valence-corrected chi connectivity index (χ0v) is 18.8. The molecule has 5 rings (SSSR count). The Kier molecular flexibility index (Phi) is 7.28. The van der Waals surface area contributed by atoms with Gasteiger partial charge in [-0.15, -0.1) is 0 Å². The highest BCUT2D eigenvalue weighted by atomic mass is 19.1. The number of aliphatic hydroxyl groups is 1. The van der Waals surface area contributed by atoms with Crippen LogP contribution in [0.5, 0.6) is 5.75 Å². The van der Waals surface area contributed by atoms with Gasteiger partial charge in [0, 0.05) is 31.8 Å². The van der Waals surface area contributed by atoms with Gasteiger partial charge in [0.15, 0.2) is 0 Å². The molecule has 0 aliphatic carbocycles. The largest absolute Gasteiger partial charge is 0.491 e. The van der Waals surface area contributed by atoms with E-state index in [1.165, 1.54) is 24.3 Å². The van der Waals surface area contributed by atoms with E-state index in [9.17, 15) is 19.1 Å². The van der Waals surface area contributed by atoms with Crippen LogP contribution in [0.15, 0.2) is 48.5 Å². The molecule has 0 saturated carbocycles. The Hall–Kier alpha value is -2.93. The van der Waals surface area contributed by atoms with E-state index in [1.54, 1.807) is 17.0 Å². The lowest BCUT2D eigenvalue weighted by Gasteiger charge is -2.41. The summed E-state index contributed by atoms with van der Waals surface area (Å²) in [5.74, 6) is -0.110. The molecule has 1 saturated heterocycles. The molecule has 0 atom stereocenters. The number of carbonyl (C=O) groups excluding carboxylic acids is 2. The molecule has 2 amide bonds. The fourth-order valence-corrected chi connectivity index (χ4v) is 4.77. The normalized spacial score (nSPS) is 19.3. The maximum atomic E-state index is 13.3. The van der Waals surface area contributed by atoms with Gasteiger partial charge in [0.05, 0.1) is 12.1 Å². The molecule has 0 unspecified atom stereocenters. The van der Waals surface area contributed by atoms with Crippen molar-refractivity contribution < 1.29 is 23.8 Å². The predicted octanol–water partition coefficient (Wildman–Crippen LogP) is 3.75. The van der Waals surface area contributed by atoms with Crippen molar-refractivity contribution in [2.24, 2.45) is 5.41 Å². The second-order valence-electron chi connectivity index (χ2n) is 9.05. The number of fused-ring (bicyclic) bond motifs is 9. The molecular weight excluding hydrogens is 423 g/mol. The molecule has 6 nitrogen and oxygen atoms in total. The number of benzene rings is 2. The molecule has 176 valence electrons. The van der Waals surface area contributed by atoms with Crippen molar-refractivity contribution in [1.29, 1.82) is 0 Å². The van der Waals surface area contributed by atoms with Gasteiger partial charge in [-0.1, -0.05) is 18.6 Å². The minimum atomic E-state index is -0.381. The van der Waals surface area contributed by atoms with E-state index in [-0.39, 0.29) is 36.3 Å². The number of ether oxygens (including phenoxy) is 1. The van der Waals surface area contributed by atoms with E-state index in [0.29, 0.717) is 43.1 Å². The summed E-state index contributed by atoms with van der Waals surface area (Å²) >= 11 is 0. The third kappa shape index (κ3) is 5.36. The lowest BCUT2D eigenvalue weighted by Crippen LogP contribution is -2.44. The minimum absolute atomic E-state index is 0.0637. The average Bonchev–Trinajstić information content (AvgIpc) is 2.86. The van der Waals surface area contributed by atoms with Crippen LogP contribution < -0.4 is 4.74 Å². The van der Waals surface area contributed by atoms with Crippen LogP contribution in [-0.2, 0) is 0 Å². The SMILES string of the molecule is O=C(c1ccc(F)cc1)N1CCCCC2(CO)CCN(CC2)C(=O)c2ccccc2OCC1. The van der Waals surface area contributed by atoms with Crippen LogP contribution in [0.4, 0.5) is 4.39 Å². The van der Waals surface area contributed by atoms with Crippen molar-refractivity contribution >= 4 is 11.8 Å². The monoisotopic (exact) mass is 454 g/mol. The highest BCUT2D eigenvalue weighted by Gasteiger charge is 2.36. The zero-order valence-electron chi connectivity index (χ0n) is 18.8. The summed E-state index contributed by atoms with van der Waals surface area (Å²) in [5.41, 5.74) is 0.766. The molecule has 2 aromatic carbocycles. The Morgan fingerprint density at radius 2 is 1.70 bits per heavy atom. The minimum Gasteiger partial charge on any atom is -0.491 e. The second kappa shape index (κ2) is 10.3. The van der Waals surface area contributed by atoms with Crippen molar-refractivity contribution in [2.75, 3.05) is 39.4 Å². The van der Waals surface area contributed by atoms with E-state index in [4.69, 9.17) is 4.74 Å². The molecule has 3 heterocycles. The summed E-state index contributed by atoms with van der Waals surface area (Å²) in [6.45, 7) is 2.48. The van der Waals surface area contributed by atoms with Gasteiger partial charge in [-0.05, 0) is 67.5 Å². The maximum absolute atomic E-state index is 13.3. The van der Waals surface area contributed by atoms with Crippen molar-refractivity contribution in [2.45, 2.75) is 32.1 Å². The van der Waals surface area contributed by atoms with Gasteiger partial charge in [-0.3, -0.25) is 9.59 Å². The average molecular weight is 455 g/mol. The highest BCUT2D eigenvalue weighted by Crippen LogP contribution is 2.37. The fourth-order valence-electron chi connectivity index (χ4n) is 4.77. The van der Waals surface area contributed by atoms with Gasteiger partial charge < -0.3 is 19.6 Å². The summed E-state index contributed by atoms with van der Waals surface area (Å²) < 4.78 is 19.3. The van der Waals surface area contributed by atoms with Gasteiger partial charge in [0.25, 0.3) is 11.8 Å². The van der Waals surface area contributed by atoms with Crippen LogP contribution in [0.2, 0.25) is 0 Å². The number of para-hydroxylation sites is 1. The van der Waals surface area contributed by atoms with Gasteiger partial charge in [0.2, 0.25) is 0 Å². The van der Waals surface area contributed by atoms with Crippen molar-refractivity contribution in [3.8, 4) is 5.75 Å². The van der Waals surface area contributed by atoms with Crippen LogP contribution in [-0.4, -0.2) is 66.1 Å². The van der Waals surface area contributed by atoms with Gasteiger partial charge in [0.1, 0.15) is 18.2 Å². The molecule has 1 N–H and O–H groups in total. The third-order valence-electron chi connectivity index (χ3n) is 6.95. The van der Waals surface area contributed by atoms with E-state index in [1.807, 2.05) is 17.0 Å². The van der Waals surface area contributed by atoms with Crippen LogP contribution in [0, 0.1) is 11.2 Å². The van der Waals surface area contributed by atoms with E-state index in [0.717, 1.165) is 32.1 Å². The van der Waals surface area contributed by atoms with Crippen LogP contribution in [0.1, 0.15) is 52.8 Å². The summed E-state index contributed by atoms with van der Waals surface area (Å²) in [6, 6.07) is 12.8. The van der Waals surface area contributed by atoms with Gasteiger partial charge in [-0.2, -0.15) is 0 Å². The summed E-state index contributed by atoms with van der Waals surface area (Å²) in [5, 5.41) is 10.1. The second-order valence-corrected chi connectivity index (χ2v) is 9.05. The smallest absolute Gasteiger partial charge is 0.257 e. The molecular formula is C26H31FN2O4. The summed E-state index contributed by atoms with van der Waals surface area (Å²) in [4.78, 5) is 29.9. The number of hydrogen-bond acceptors (Lipinski definition) is 4. The van der Waals surface area contributed by atoms with Crippen molar-refractivity contribution in [3.63, 3.8) is 0 Å². The Balaban J connectivity index is 1.57. The lowest BCUT2D eigenvalue weighted by atomic mass is 9.75. The number of carbonyl (C=O) groups is 2. The first kappa shape index (κ1) is 23.2. The fraction of sp³-hybridized carbons (Fsp3) is 0.462. The number of aliphatic hydroxyl groups excluding tert-OH is 1. The molecule has 3 aliphatic heterocycles. The van der Waals surface area contributed by atoms with Crippen LogP contribution >= 0.6 is 0 Å². The Morgan fingerprint density at radius 3 is 2.42 bits per heavy atom. The molecule has 2 aromatic rings. The quantitative estimate of drug-likeness (QED) is 0.751. The first-order valence-electron chi connectivity index (χ1n) is 11.7. The first-order valence-corrected chi connectivity index (χ1v) is 11.7. The van der Waals surface area contributed by atoms with Gasteiger partial charge >= 0.3 is 0 Å². The third-order valence-corrected chi connectivity index (χ3v) is 6.95. The molecule has 0 aromatic heterocycles. The van der Waals surface area contributed by atoms with E-state index < -0.39 is 0 Å². The lowest BCUT2D eigenvalue weighted by molar-refractivity contribution is 0.0297. The number of rotatable bonds is 2. The summed E-state index contributed by atoms with van der Waals surface area (Å²) in [6.07, 6.45) is 4.06. The predicted molar refractivity (Wildman–Crippen MR) is 123 cm³/mol. The number of nitrogens with zero attached hydrogens (tertiary/aromatic N) is 2. The summed E-state index contributed by atoms with van der Waals surface area (Å²) in [7, 11) is 0. The van der Waals surface area contributed by atoms with Crippen LogP contribution in [0.3, 0.4) is 0 Å². The van der Waals surface area contributed by atoms with Gasteiger partial charge in [-0.25, -0.2) is 4.39 Å². The molecule has 33 heavy (non-hydrogen) atoms. The molecule has 7 heteroatoms. The van der Waals surface area contributed by atoms with Crippen LogP contribution in [0.25, 0.3) is 0 Å². The first-order chi connectivity index (χ1) is 16.0. The Morgan fingerprint density at radius 1 is 0.970 bits per heavy atom. The Bertz CT molecular complexity index is 971. The van der Waals surface area contributed by atoms with Crippen molar-refractivity contribution in [1.82, 2.24) is 9.80 Å². The standard InChI is InChI=1S/C26H31FN2O4/c27-21-9-7-20(8-10-21)24(31)28-14-4-3-11-26(19-30)12-15-29(16-13-26)25(32)22-5-1-2-6-23(22)33-18-17-28/h1-2,5-10,30H,3-4,11-19H2. The molecule has 0 radical (unpaired) electrons. The number of hydrogen-bond donors (Lipinski definition) is 1. The Labute approximate surface area is 194 Å². The zero-order chi connectivity index (χ0) is 23.3. The number of halogens is 1. The van der Waals surface area contributed by atoms with Crippen molar-refractivity contribution in [3.05, 3.63) is 65.5 Å². The molecule has 3 aliphatic rings. The number of amides is 2. The molecule has 1 fully saturated rings.